The molecule has 0 spiro atoms. The summed E-state index contributed by atoms with van der Waals surface area (Å²) in [4.78, 5) is 27.8. The molecule has 1 aromatic heterocycles. The number of carbonyl (C=O) groups is 2. The zero-order valence-electron chi connectivity index (χ0n) is 18.9. The third-order valence-electron chi connectivity index (χ3n) is 4.69. The van der Waals surface area contributed by atoms with E-state index in [1.54, 1.807) is 45.9 Å². The summed E-state index contributed by atoms with van der Waals surface area (Å²) in [5.41, 5.74) is 0.359. The van der Waals surface area contributed by atoms with E-state index in [4.69, 9.17) is 9.47 Å². The molecule has 0 saturated carbocycles. The molecule has 3 rings (SSSR count). The van der Waals surface area contributed by atoms with Gasteiger partial charge < -0.3 is 14.3 Å². The van der Waals surface area contributed by atoms with E-state index in [-0.39, 0.29) is 23.0 Å². The number of sulfonamides is 1. The molecule has 0 radical (unpaired) electrons. The van der Waals surface area contributed by atoms with Crippen LogP contribution in [0.25, 0.3) is 0 Å². The molecule has 1 aliphatic heterocycles. The minimum absolute atomic E-state index is 0.00582. The molecule has 1 aromatic carbocycles. The molecule has 8 nitrogen and oxygen atoms in total. The first kappa shape index (κ1) is 24.2. The highest BCUT2D eigenvalue weighted by Gasteiger charge is 2.36. The number of benzene rings is 1. The lowest BCUT2D eigenvalue weighted by atomic mass is 10.1. The molecular formula is C22H28N2O6S2. The Morgan fingerprint density at radius 1 is 1.31 bits per heavy atom. The lowest BCUT2D eigenvalue weighted by Crippen LogP contribution is -2.43. The Balaban J connectivity index is 1.96. The summed E-state index contributed by atoms with van der Waals surface area (Å²) in [5.74, 6) is 0.00292. The van der Waals surface area contributed by atoms with Crippen LogP contribution in [0.4, 0.5) is 5.69 Å². The van der Waals surface area contributed by atoms with E-state index in [9.17, 15) is 18.0 Å². The zero-order valence-corrected chi connectivity index (χ0v) is 20.5. The minimum Gasteiger partial charge on any atom is -0.486 e. The molecule has 1 aliphatic rings. The second-order valence-electron chi connectivity index (χ2n) is 8.78. The van der Waals surface area contributed by atoms with Gasteiger partial charge in [-0.05, 0) is 58.7 Å². The van der Waals surface area contributed by atoms with Crippen LogP contribution in [0, 0.1) is 6.92 Å². The predicted molar refractivity (Wildman–Crippen MR) is 122 cm³/mol. The lowest BCUT2D eigenvalue weighted by Gasteiger charge is -2.35. The normalized spacial score (nSPS) is 16.3. The SMILES string of the molecule is CC(=O)CC[C@H]1CN(S(=O)(=O)c2cnc(C)s2)c2cc(CC(=O)OC(C)(C)C)ccc2O1. The first-order chi connectivity index (χ1) is 14.8. The Morgan fingerprint density at radius 3 is 2.62 bits per heavy atom. The van der Waals surface area contributed by atoms with Crippen LogP contribution < -0.4 is 9.04 Å². The van der Waals surface area contributed by atoms with Crippen molar-refractivity contribution in [2.45, 2.75) is 69.8 Å². The Kier molecular flexibility index (Phi) is 6.94. The molecule has 0 fully saturated rings. The average molecular weight is 481 g/mol. The number of ketones is 1. The number of rotatable bonds is 7. The summed E-state index contributed by atoms with van der Waals surface area (Å²) in [7, 11) is -3.89. The van der Waals surface area contributed by atoms with Gasteiger partial charge in [0, 0.05) is 6.42 Å². The smallest absolute Gasteiger partial charge is 0.310 e. The summed E-state index contributed by atoms with van der Waals surface area (Å²) in [6.45, 7) is 8.67. The number of thiazole rings is 1. The van der Waals surface area contributed by atoms with Gasteiger partial charge in [-0.1, -0.05) is 6.07 Å². The van der Waals surface area contributed by atoms with Crippen LogP contribution in [0.1, 0.15) is 51.1 Å². The van der Waals surface area contributed by atoms with Gasteiger partial charge in [-0.2, -0.15) is 0 Å². The van der Waals surface area contributed by atoms with Crippen molar-refractivity contribution in [1.82, 2.24) is 4.98 Å². The van der Waals surface area contributed by atoms with Gasteiger partial charge in [0.1, 0.15) is 23.2 Å². The van der Waals surface area contributed by atoms with Crippen molar-refractivity contribution in [2.75, 3.05) is 10.8 Å². The largest absolute Gasteiger partial charge is 0.486 e. The predicted octanol–water partition coefficient (Wildman–Crippen LogP) is 3.66. The maximum absolute atomic E-state index is 13.5. The van der Waals surface area contributed by atoms with Crippen LogP contribution in [0.5, 0.6) is 5.75 Å². The van der Waals surface area contributed by atoms with Crippen molar-refractivity contribution in [3.63, 3.8) is 0 Å². The number of aromatic nitrogens is 1. The molecule has 0 unspecified atom stereocenters. The van der Waals surface area contributed by atoms with Crippen molar-refractivity contribution in [3.8, 4) is 5.75 Å². The van der Waals surface area contributed by atoms with Crippen molar-refractivity contribution in [1.29, 1.82) is 0 Å². The second kappa shape index (κ2) is 9.19. The molecule has 0 amide bonds. The van der Waals surface area contributed by atoms with Gasteiger partial charge in [-0.3, -0.25) is 9.10 Å². The molecule has 10 heteroatoms. The third kappa shape index (κ3) is 5.86. The number of Topliss-reactive ketones (excluding diaryl/α,β-unsaturated/α-hetero) is 1. The number of hydrogen-bond acceptors (Lipinski definition) is 8. The molecule has 0 N–H and O–H groups in total. The fourth-order valence-electron chi connectivity index (χ4n) is 3.32. The fourth-order valence-corrected chi connectivity index (χ4v) is 6.05. The molecule has 2 heterocycles. The summed E-state index contributed by atoms with van der Waals surface area (Å²) < 4.78 is 39.7. The number of fused-ring (bicyclic) bond motifs is 1. The maximum atomic E-state index is 13.5. The molecule has 0 aliphatic carbocycles. The summed E-state index contributed by atoms with van der Waals surface area (Å²) in [6.07, 6.45) is 1.59. The molecule has 0 saturated heterocycles. The lowest BCUT2D eigenvalue weighted by molar-refractivity contribution is -0.153. The standard InChI is InChI=1S/C22H28N2O6S2/c1-14(25)6-8-17-13-24(32(27,28)21-12-23-15(2)31-21)18-10-16(7-9-19(18)29-17)11-20(26)30-22(3,4)5/h7,9-10,12,17H,6,8,11,13H2,1-5H3/t17-/m0/s1. The van der Waals surface area contributed by atoms with Crippen molar-refractivity contribution < 1.29 is 27.5 Å². The highest BCUT2D eigenvalue weighted by atomic mass is 32.2. The van der Waals surface area contributed by atoms with E-state index in [1.165, 1.54) is 17.4 Å². The van der Waals surface area contributed by atoms with Crippen molar-refractivity contribution in [2.24, 2.45) is 0 Å². The van der Waals surface area contributed by atoms with E-state index < -0.39 is 27.7 Å². The molecule has 1 atom stereocenters. The first-order valence-corrected chi connectivity index (χ1v) is 12.6. The second-order valence-corrected chi connectivity index (χ2v) is 12.1. The monoisotopic (exact) mass is 480 g/mol. The third-order valence-corrected chi connectivity index (χ3v) is 7.82. The van der Waals surface area contributed by atoms with Gasteiger partial charge in [0.05, 0.1) is 29.9 Å². The number of carbonyl (C=O) groups excluding carboxylic acids is 2. The summed E-state index contributed by atoms with van der Waals surface area (Å²) in [6, 6.07) is 5.03. The van der Waals surface area contributed by atoms with Gasteiger partial charge >= 0.3 is 5.97 Å². The van der Waals surface area contributed by atoms with Crippen LogP contribution in [0.15, 0.2) is 28.6 Å². The quantitative estimate of drug-likeness (QED) is 0.557. The topological polar surface area (TPSA) is 103 Å². The summed E-state index contributed by atoms with van der Waals surface area (Å²) in [5, 5.41) is 0.642. The highest BCUT2D eigenvalue weighted by molar-refractivity contribution is 7.94. The van der Waals surface area contributed by atoms with Crippen LogP contribution in [0.2, 0.25) is 0 Å². The molecule has 32 heavy (non-hydrogen) atoms. The van der Waals surface area contributed by atoms with Crippen LogP contribution >= 0.6 is 11.3 Å². The van der Waals surface area contributed by atoms with Gasteiger partial charge in [0.15, 0.2) is 4.21 Å². The van der Waals surface area contributed by atoms with Gasteiger partial charge in [-0.15, -0.1) is 11.3 Å². The zero-order chi connectivity index (χ0) is 23.7. The van der Waals surface area contributed by atoms with Crippen molar-refractivity contribution in [3.05, 3.63) is 35.0 Å². The van der Waals surface area contributed by atoms with Crippen LogP contribution in [-0.2, 0) is 30.8 Å². The maximum Gasteiger partial charge on any atom is 0.310 e. The van der Waals surface area contributed by atoms with Gasteiger partial charge in [-0.25, -0.2) is 13.4 Å². The molecular weight excluding hydrogens is 452 g/mol. The number of anilines is 1. The Hall–Kier alpha value is -2.46. The van der Waals surface area contributed by atoms with Crippen LogP contribution in [0.3, 0.4) is 0 Å². The Labute approximate surface area is 192 Å². The van der Waals surface area contributed by atoms with Crippen molar-refractivity contribution >= 4 is 38.8 Å². The number of nitrogens with zero attached hydrogens (tertiary/aromatic N) is 2. The fraction of sp³-hybridized carbons (Fsp3) is 0.500. The Morgan fingerprint density at radius 2 is 2.03 bits per heavy atom. The van der Waals surface area contributed by atoms with E-state index in [2.05, 4.69) is 4.98 Å². The average Bonchev–Trinajstić information content (AvgIpc) is 3.11. The van der Waals surface area contributed by atoms with Gasteiger partial charge in [0.25, 0.3) is 10.0 Å². The van der Waals surface area contributed by atoms with E-state index in [0.717, 1.165) is 11.3 Å². The molecule has 174 valence electrons. The number of esters is 1. The van der Waals surface area contributed by atoms with Crippen LogP contribution in [-0.4, -0.2) is 43.4 Å². The van der Waals surface area contributed by atoms with E-state index in [1.807, 2.05) is 0 Å². The molecule has 2 aromatic rings. The summed E-state index contributed by atoms with van der Waals surface area (Å²) >= 11 is 1.09. The number of hydrogen-bond donors (Lipinski definition) is 0. The van der Waals surface area contributed by atoms with E-state index >= 15 is 0 Å². The molecule has 0 bridgehead atoms. The minimum atomic E-state index is -3.89. The van der Waals surface area contributed by atoms with Gasteiger partial charge in [0.2, 0.25) is 0 Å². The van der Waals surface area contributed by atoms with E-state index in [0.29, 0.717) is 34.8 Å². The highest BCUT2D eigenvalue weighted by Crippen LogP contribution is 2.39. The first-order valence-electron chi connectivity index (χ1n) is 10.3. The Bertz CT molecular complexity index is 1120. The number of aryl methyl sites for hydroxylation is 1. The number of ether oxygens (including phenoxy) is 2.